The number of aromatic hydroxyl groups is 1. The highest BCUT2D eigenvalue weighted by atomic mass is 32.2. The van der Waals surface area contributed by atoms with E-state index in [0.717, 1.165) is 22.9 Å². The van der Waals surface area contributed by atoms with Gasteiger partial charge in [0.05, 0.1) is 22.6 Å². The molecular weight excluding hydrogens is 538 g/mol. The maximum Gasteiger partial charge on any atom is 0.296 e. The predicted octanol–water partition coefficient (Wildman–Crippen LogP) is 5.54. The Kier molecular flexibility index (Phi) is 7.72. The highest BCUT2D eigenvalue weighted by Gasteiger charge is 2.32. The van der Waals surface area contributed by atoms with Crippen molar-refractivity contribution in [2.75, 3.05) is 0 Å². The maximum absolute atomic E-state index is 13.8. The minimum atomic E-state index is -4.44. The van der Waals surface area contributed by atoms with Crippen LogP contribution in [0.1, 0.15) is 56.1 Å². The van der Waals surface area contributed by atoms with Crippen LogP contribution in [0.4, 0.5) is 0 Å². The van der Waals surface area contributed by atoms with Crippen molar-refractivity contribution < 1.29 is 13.5 Å². The predicted molar refractivity (Wildman–Crippen MR) is 155 cm³/mol. The molecule has 0 spiro atoms. The zero-order valence-electron chi connectivity index (χ0n) is 22.7. The molecule has 5 rings (SSSR count). The number of nitriles is 1. The van der Waals surface area contributed by atoms with E-state index in [1.54, 1.807) is 42.7 Å². The van der Waals surface area contributed by atoms with Crippen molar-refractivity contribution in [3.63, 3.8) is 0 Å². The van der Waals surface area contributed by atoms with E-state index in [4.69, 9.17) is 0 Å². The molecular formula is C31H29N5O4S. The topological polar surface area (TPSA) is 142 Å². The Balaban J connectivity index is 1.64. The molecule has 41 heavy (non-hydrogen) atoms. The minimum Gasteiger partial charge on any atom is -0.493 e. The Morgan fingerprint density at radius 1 is 1.10 bits per heavy atom. The molecule has 9 nitrogen and oxygen atoms in total. The van der Waals surface area contributed by atoms with Crippen LogP contribution >= 0.6 is 0 Å². The fraction of sp³-hybridized carbons (Fsp3) is 0.226. The average Bonchev–Trinajstić information content (AvgIpc) is 3.47. The monoisotopic (exact) mass is 567 g/mol. The molecule has 2 aromatic carbocycles. The summed E-state index contributed by atoms with van der Waals surface area (Å²) in [6.45, 7) is 3.88. The molecule has 0 radical (unpaired) electrons. The van der Waals surface area contributed by atoms with Crippen molar-refractivity contribution in [1.82, 2.24) is 19.5 Å². The van der Waals surface area contributed by atoms with Crippen LogP contribution < -0.4 is 5.56 Å². The molecule has 0 aliphatic carbocycles. The summed E-state index contributed by atoms with van der Waals surface area (Å²) >= 11 is 0. The number of sulfone groups is 1. The van der Waals surface area contributed by atoms with Gasteiger partial charge >= 0.3 is 0 Å². The molecule has 2 N–H and O–H groups in total. The van der Waals surface area contributed by atoms with E-state index < -0.39 is 32.2 Å². The van der Waals surface area contributed by atoms with E-state index >= 15 is 0 Å². The van der Waals surface area contributed by atoms with Crippen molar-refractivity contribution in [3.05, 3.63) is 100 Å². The molecule has 0 aliphatic rings. The Morgan fingerprint density at radius 3 is 2.59 bits per heavy atom. The second-order valence-electron chi connectivity index (χ2n) is 9.75. The number of H-pyrrole nitrogens is 1. The van der Waals surface area contributed by atoms with E-state index in [1.165, 1.54) is 16.7 Å². The zero-order chi connectivity index (χ0) is 29.1. The Bertz CT molecular complexity index is 1940. The lowest BCUT2D eigenvalue weighted by Gasteiger charge is -2.25. The first-order valence-electron chi connectivity index (χ1n) is 13.4. The molecule has 5 aromatic rings. The van der Waals surface area contributed by atoms with E-state index in [0.29, 0.717) is 41.9 Å². The van der Waals surface area contributed by atoms with Crippen molar-refractivity contribution in [2.45, 2.75) is 55.4 Å². The summed E-state index contributed by atoms with van der Waals surface area (Å²) in [5.74, 6) is -0.358. The molecule has 208 valence electrons. The number of nitrogens with one attached hydrogen (secondary N) is 1. The van der Waals surface area contributed by atoms with Crippen LogP contribution in [0.5, 0.6) is 5.88 Å². The number of aromatic nitrogens is 4. The number of rotatable bonds is 9. The van der Waals surface area contributed by atoms with Gasteiger partial charge in [-0.3, -0.25) is 9.36 Å². The number of aromatic amines is 1. The van der Waals surface area contributed by atoms with Crippen molar-refractivity contribution in [2.24, 2.45) is 0 Å². The molecule has 0 aliphatic heterocycles. The third kappa shape index (κ3) is 5.12. The molecule has 0 saturated heterocycles. The molecule has 0 saturated carbocycles. The number of fused-ring (bicyclic) bond motifs is 1. The Labute approximate surface area is 237 Å². The van der Waals surface area contributed by atoms with Crippen LogP contribution in [0.25, 0.3) is 22.2 Å². The summed E-state index contributed by atoms with van der Waals surface area (Å²) in [5, 5.41) is 21.8. The molecule has 0 bridgehead atoms. The van der Waals surface area contributed by atoms with Gasteiger partial charge < -0.3 is 10.1 Å². The van der Waals surface area contributed by atoms with Crippen molar-refractivity contribution >= 4 is 20.9 Å². The number of aryl methyl sites for hydroxylation is 1. The second kappa shape index (κ2) is 11.4. The van der Waals surface area contributed by atoms with Gasteiger partial charge in [0.15, 0.2) is 4.90 Å². The Morgan fingerprint density at radius 2 is 1.88 bits per heavy atom. The van der Waals surface area contributed by atoms with Crippen LogP contribution in [-0.4, -0.2) is 33.0 Å². The standard InChI is InChI=1S/C31H29N5O4S/c1-3-5-9-27-35-30(37)28(31(38)36(27)26(4-2)22-8-6-7-20(18-22)19-32)41(39,40)23-12-10-21(11-13-23)24-14-16-33-29-25(24)15-17-34-29/h6-8,10-18,26,38H,3-5,9H2,1-2H3,(H,33,34)/t26-/m0/s1. The van der Waals surface area contributed by atoms with Crippen LogP contribution in [0.2, 0.25) is 0 Å². The summed E-state index contributed by atoms with van der Waals surface area (Å²) in [7, 11) is -4.44. The van der Waals surface area contributed by atoms with Crippen molar-refractivity contribution in [3.8, 4) is 23.1 Å². The smallest absolute Gasteiger partial charge is 0.296 e. The molecule has 10 heteroatoms. The van der Waals surface area contributed by atoms with E-state index in [9.17, 15) is 23.6 Å². The summed E-state index contributed by atoms with van der Waals surface area (Å²) in [5.41, 5.74) is 2.49. The number of pyridine rings is 1. The lowest BCUT2D eigenvalue weighted by molar-refractivity contribution is 0.358. The highest BCUT2D eigenvalue weighted by molar-refractivity contribution is 7.91. The third-order valence-corrected chi connectivity index (χ3v) is 8.98. The first-order valence-corrected chi connectivity index (χ1v) is 14.9. The molecule has 0 unspecified atom stereocenters. The van der Waals surface area contributed by atoms with E-state index in [-0.39, 0.29) is 4.90 Å². The van der Waals surface area contributed by atoms with Crippen LogP contribution in [0, 0.1) is 11.3 Å². The second-order valence-corrected chi connectivity index (χ2v) is 11.6. The zero-order valence-corrected chi connectivity index (χ0v) is 23.5. The molecule has 3 heterocycles. The first kappa shape index (κ1) is 27.8. The van der Waals surface area contributed by atoms with Gasteiger partial charge in [0.25, 0.3) is 5.56 Å². The Hall–Kier alpha value is -4.75. The fourth-order valence-electron chi connectivity index (χ4n) is 5.15. The van der Waals surface area contributed by atoms with Gasteiger partial charge in [0.1, 0.15) is 11.5 Å². The van der Waals surface area contributed by atoms with Gasteiger partial charge in [-0.25, -0.2) is 13.4 Å². The molecule has 0 amide bonds. The third-order valence-electron chi connectivity index (χ3n) is 7.19. The van der Waals surface area contributed by atoms with Gasteiger partial charge in [0, 0.05) is 24.2 Å². The molecule has 3 aromatic heterocycles. The number of nitrogens with zero attached hydrogens (tertiary/aromatic N) is 4. The number of hydrogen-bond donors (Lipinski definition) is 2. The van der Waals surface area contributed by atoms with E-state index in [1.807, 2.05) is 32.0 Å². The van der Waals surface area contributed by atoms with Gasteiger partial charge in [-0.1, -0.05) is 44.5 Å². The van der Waals surface area contributed by atoms with E-state index in [2.05, 4.69) is 21.0 Å². The number of benzene rings is 2. The number of hydrogen-bond acceptors (Lipinski definition) is 7. The fourth-order valence-corrected chi connectivity index (χ4v) is 6.49. The van der Waals surface area contributed by atoms with Gasteiger partial charge in [-0.2, -0.15) is 10.2 Å². The van der Waals surface area contributed by atoms with Crippen LogP contribution in [0.15, 0.2) is 87.6 Å². The van der Waals surface area contributed by atoms with Crippen LogP contribution in [0.3, 0.4) is 0 Å². The van der Waals surface area contributed by atoms with Gasteiger partial charge in [0.2, 0.25) is 15.7 Å². The van der Waals surface area contributed by atoms with Crippen molar-refractivity contribution in [1.29, 1.82) is 5.26 Å². The summed E-state index contributed by atoms with van der Waals surface area (Å²) in [6, 6.07) is 18.4. The minimum absolute atomic E-state index is 0.137. The lowest BCUT2D eigenvalue weighted by Crippen LogP contribution is -2.27. The largest absolute Gasteiger partial charge is 0.493 e. The van der Waals surface area contributed by atoms with Crippen LogP contribution in [-0.2, 0) is 16.3 Å². The maximum atomic E-state index is 13.8. The summed E-state index contributed by atoms with van der Waals surface area (Å²) in [4.78, 5) is 23.9. The quantitative estimate of drug-likeness (QED) is 0.238. The average molecular weight is 568 g/mol. The van der Waals surface area contributed by atoms with Gasteiger partial charge in [-0.05, 0) is 65.9 Å². The molecule has 1 atom stereocenters. The number of unbranched alkanes of at least 4 members (excludes halogenated alkanes) is 1. The normalized spacial score (nSPS) is 12.3. The summed E-state index contributed by atoms with van der Waals surface area (Å²) < 4.78 is 29.1. The first-order chi connectivity index (χ1) is 19.8. The highest BCUT2D eigenvalue weighted by Crippen LogP contribution is 2.34. The summed E-state index contributed by atoms with van der Waals surface area (Å²) in [6.07, 6.45) is 5.79. The molecule has 0 fully saturated rings. The van der Waals surface area contributed by atoms with Gasteiger partial charge in [-0.15, -0.1) is 0 Å². The lowest BCUT2D eigenvalue weighted by atomic mass is 10.0. The SMILES string of the molecule is CCCCc1nc(=O)c(S(=O)(=O)c2ccc(-c3ccnc4[nH]ccc34)cc2)c(O)n1[C@@H](CC)c1cccc(C#N)c1.